The number of phenols is 1. The Balaban J connectivity index is 1.67. The molecule has 104 valence electrons. The van der Waals surface area contributed by atoms with E-state index in [0.29, 0.717) is 11.7 Å². The predicted octanol–water partition coefficient (Wildman–Crippen LogP) is 4.14. The molecule has 2 nitrogen and oxygen atoms in total. The highest BCUT2D eigenvalue weighted by Gasteiger charge is 2.24. The van der Waals surface area contributed by atoms with Gasteiger partial charge in [-0.2, -0.15) is 0 Å². The first-order valence-electron chi connectivity index (χ1n) is 6.97. The van der Waals surface area contributed by atoms with E-state index in [1.807, 2.05) is 12.1 Å². The van der Waals surface area contributed by atoms with Crippen molar-refractivity contribution in [2.75, 3.05) is 13.1 Å². The zero-order chi connectivity index (χ0) is 13.9. The summed E-state index contributed by atoms with van der Waals surface area (Å²) in [6.45, 7) is 2.97. The summed E-state index contributed by atoms with van der Waals surface area (Å²) < 4.78 is 1.02. The van der Waals surface area contributed by atoms with Gasteiger partial charge in [0.15, 0.2) is 0 Å². The van der Waals surface area contributed by atoms with E-state index in [1.54, 1.807) is 6.07 Å². The Morgan fingerprint density at radius 3 is 2.75 bits per heavy atom. The molecule has 3 heteroatoms. The van der Waals surface area contributed by atoms with E-state index in [2.05, 4.69) is 51.2 Å². The standard InChI is InChI=1S/C17H18BrNO/c18-16-6-7-17(20)15(10-16)12-19-9-8-14(11-19)13-4-2-1-3-5-13/h1-7,10,14,20H,8-9,11-12H2. The van der Waals surface area contributed by atoms with E-state index in [1.165, 1.54) is 12.0 Å². The molecule has 0 aromatic heterocycles. The SMILES string of the molecule is Oc1ccc(Br)cc1CN1CCC(c2ccccc2)C1. The highest BCUT2D eigenvalue weighted by molar-refractivity contribution is 9.10. The molecule has 20 heavy (non-hydrogen) atoms. The predicted molar refractivity (Wildman–Crippen MR) is 84.9 cm³/mol. The third-order valence-corrected chi connectivity index (χ3v) is 4.47. The van der Waals surface area contributed by atoms with Crippen LogP contribution in [0.3, 0.4) is 0 Å². The minimum Gasteiger partial charge on any atom is -0.508 e. The molecule has 1 aliphatic rings. The zero-order valence-electron chi connectivity index (χ0n) is 11.3. The molecular formula is C17H18BrNO. The number of rotatable bonds is 3. The van der Waals surface area contributed by atoms with Crippen LogP contribution in [0.25, 0.3) is 0 Å². The molecule has 0 saturated carbocycles. The van der Waals surface area contributed by atoms with Crippen molar-refractivity contribution in [1.29, 1.82) is 0 Å². The maximum absolute atomic E-state index is 9.93. The summed E-state index contributed by atoms with van der Waals surface area (Å²) in [5, 5.41) is 9.93. The summed E-state index contributed by atoms with van der Waals surface area (Å²) in [5.41, 5.74) is 2.42. The van der Waals surface area contributed by atoms with Crippen LogP contribution in [-0.2, 0) is 6.54 Å². The van der Waals surface area contributed by atoms with E-state index >= 15 is 0 Å². The topological polar surface area (TPSA) is 23.5 Å². The molecule has 0 radical (unpaired) electrons. The van der Waals surface area contributed by atoms with Crippen LogP contribution in [0, 0.1) is 0 Å². The Morgan fingerprint density at radius 2 is 1.95 bits per heavy atom. The average Bonchev–Trinajstić information content (AvgIpc) is 2.92. The van der Waals surface area contributed by atoms with Gasteiger partial charge < -0.3 is 5.11 Å². The first-order chi connectivity index (χ1) is 9.72. The molecule has 1 atom stereocenters. The number of phenolic OH excluding ortho intramolecular Hbond substituents is 1. The number of aromatic hydroxyl groups is 1. The molecule has 0 spiro atoms. The van der Waals surface area contributed by atoms with Crippen molar-refractivity contribution >= 4 is 15.9 Å². The summed E-state index contributed by atoms with van der Waals surface area (Å²) in [4.78, 5) is 2.42. The lowest BCUT2D eigenvalue weighted by atomic mass is 9.99. The van der Waals surface area contributed by atoms with Gasteiger partial charge in [0.2, 0.25) is 0 Å². The Bertz CT molecular complexity index is 585. The highest BCUT2D eigenvalue weighted by Crippen LogP contribution is 2.30. The van der Waals surface area contributed by atoms with Crippen molar-refractivity contribution < 1.29 is 5.11 Å². The fraction of sp³-hybridized carbons (Fsp3) is 0.294. The number of likely N-dealkylation sites (tertiary alicyclic amines) is 1. The molecule has 2 aromatic carbocycles. The lowest BCUT2D eigenvalue weighted by molar-refractivity contribution is 0.320. The number of nitrogens with zero attached hydrogens (tertiary/aromatic N) is 1. The van der Waals surface area contributed by atoms with E-state index in [4.69, 9.17) is 0 Å². The van der Waals surface area contributed by atoms with Crippen molar-refractivity contribution in [1.82, 2.24) is 4.90 Å². The minimum absolute atomic E-state index is 0.386. The smallest absolute Gasteiger partial charge is 0.120 e. The van der Waals surface area contributed by atoms with E-state index < -0.39 is 0 Å². The van der Waals surface area contributed by atoms with Gasteiger partial charge in [-0.15, -0.1) is 0 Å². The summed E-state index contributed by atoms with van der Waals surface area (Å²) in [7, 11) is 0. The van der Waals surface area contributed by atoms with Crippen LogP contribution < -0.4 is 0 Å². The minimum atomic E-state index is 0.386. The fourth-order valence-electron chi connectivity index (χ4n) is 2.90. The molecule has 1 aliphatic heterocycles. The summed E-state index contributed by atoms with van der Waals surface area (Å²) >= 11 is 3.46. The molecular weight excluding hydrogens is 314 g/mol. The molecule has 1 N–H and O–H groups in total. The zero-order valence-corrected chi connectivity index (χ0v) is 12.9. The van der Waals surface area contributed by atoms with Gasteiger partial charge in [0.1, 0.15) is 5.75 Å². The molecule has 0 bridgehead atoms. The number of hydrogen-bond acceptors (Lipinski definition) is 2. The fourth-order valence-corrected chi connectivity index (χ4v) is 3.30. The molecule has 2 aromatic rings. The van der Waals surface area contributed by atoms with Crippen LogP contribution in [0.4, 0.5) is 0 Å². The van der Waals surface area contributed by atoms with Gasteiger partial charge in [0.25, 0.3) is 0 Å². The lowest BCUT2D eigenvalue weighted by Crippen LogP contribution is -2.19. The van der Waals surface area contributed by atoms with E-state index in [0.717, 1.165) is 29.7 Å². The van der Waals surface area contributed by atoms with Crippen molar-refractivity contribution in [2.24, 2.45) is 0 Å². The highest BCUT2D eigenvalue weighted by atomic mass is 79.9. The van der Waals surface area contributed by atoms with Crippen molar-refractivity contribution in [2.45, 2.75) is 18.9 Å². The molecule has 0 amide bonds. The maximum atomic E-state index is 9.93. The Kier molecular flexibility index (Phi) is 4.08. The summed E-state index contributed by atoms with van der Waals surface area (Å²) in [6.07, 6.45) is 1.19. The Morgan fingerprint density at radius 1 is 1.15 bits per heavy atom. The van der Waals surface area contributed by atoms with Crippen LogP contribution in [0.2, 0.25) is 0 Å². The third kappa shape index (κ3) is 3.05. The van der Waals surface area contributed by atoms with E-state index in [-0.39, 0.29) is 0 Å². The Hall–Kier alpha value is -1.32. The van der Waals surface area contributed by atoms with Crippen molar-refractivity contribution in [3.63, 3.8) is 0 Å². The normalized spacial score (nSPS) is 19.4. The molecule has 1 heterocycles. The number of benzene rings is 2. The monoisotopic (exact) mass is 331 g/mol. The van der Waals surface area contributed by atoms with Gasteiger partial charge in [-0.25, -0.2) is 0 Å². The molecule has 0 aliphatic carbocycles. The van der Waals surface area contributed by atoms with Gasteiger partial charge in [0, 0.05) is 23.1 Å². The van der Waals surface area contributed by atoms with Crippen molar-refractivity contribution in [3.8, 4) is 5.75 Å². The summed E-state index contributed by atoms with van der Waals surface area (Å²) in [6, 6.07) is 16.3. The van der Waals surface area contributed by atoms with Gasteiger partial charge in [-0.3, -0.25) is 4.90 Å². The second-order valence-electron chi connectivity index (χ2n) is 5.40. The first-order valence-corrected chi connectivity index (χ1v) is 7.76. The van der Waals surface area contributed by atoms with Gasteiger partial charge in [-0.1, -0.05) is 46.3 Å². The maximum Gasteiger partial charge on any atom is 0.120 e. The molecule has 3 rings (SSSR count). The van der Waals surface area contributed by atoms with Crippen molar-refractivity contribution in [3.05, 3.63) is 64.1 Å². The second kappa shape index (κ2) is 5.98. The molecule has 1 fully saturated rings. The van der Waals surface area contributed by atoms with Crippen LogP contribution in [0.1, 0.15) is 23.5 Å². The third-order valence-electron chi connectivity index (χ3n) is 3.98. The van der Waals surface area contributed by atoms with Crippen LogP contribution in [0.5, 0.6) is 5.75 Å². The first kappa shape index (κ1) is 13.7. The van der Waals surface area contributed by atoms with Gasteiger partial charge in [0.05, 0.1) is 0 Å². The quantitative estimate of drug-likeness (QED) is 0.913. The van der Waals surface area contributed by atoms with Gasteiger partial charge in [-0.05, 0) is 42.6 Å². The number of hydrogen-bond donors (Lipinski definition) is 1. The average molecular weight is 332 g/mol. The largest absolute Gasteiger partial charge is 0.508 e. The lowest BCUT2D eigenvalue weighted by Gasteiger charge is -2.17. The van der Waals surface area contributed by atoms with Crippen LogP contribution in [0.15, 0.2) is 53.0 Å². The second-order valence-corrected chi connectivity index (χ2v) is 6.32. The Labute approximate surface area is 128 Å². The van der Waals surface area contributed by atoms with Gasteiger partial charge >= 0.3 is 0 Å². The summed E-state index contributed by atoms with van der Waals surface area (Å²) in [5.74, 6) is 1.00. The van der Waals surface area contributed by atoms with E-state index in [9.17, 15) is 5.11 Å². The number of halogens is 1. The molecule has 1 saturated heterocycles. The van der Waals surface area contributed by atoms with Crippen LogP contribution in [-0.4, -0.2) is 23.1 Å². The van der Waals surface area contributed by atoms with Crippen LogP contribution >= 0.6 is 15.9 Å². The molecule has 1 unspecified atom stereocenters.